The second kappa shape index (κ2) is 7.64. The Morgan fingerprint density at radius 2 is 1.82 bits per heavy atom. The van der Waals surface area contributed by atoms with Crippen molar-refractivity contribution in [3.05, 3.63) is 66.4 Å². The fraction of sp³-hybridized carbons (Fsp3) is 0.238. The van der Waals surface area contributed by atoms with Gasteiger partial charge < -0.3 is 10.2 Å². The first-order chi connectivity index (χ1) is 13.6. The first kappa shape index (κ1) is 17.9. The maximum atomic E-state index is 12.8. The van der Waals surface area contributed by atoms with Crippen molar-refractivity contribution in [2.45, 2.75) is 19.4 Å². The van der Waals surface area contributed by atoms with Crippen LogP contribution in [0, 0.1) is 0 Å². The van der Waals surface area contributed by atoms with Gasteiger partial charge in [-0.25, -0.2) is 4.68 Å². The van der Waals surface area contributed by atoms with E-state index in [0.717, 1.165) is 17.7 Å². The van der Waals surface area contributed by atoms with Crippen LogP contribution in [0.15, 0.2) is 60.8 Å². The quantitative estimate of drug-likeness (QED) is 0.760. The number of rotatable bonds is 4. The standard InChI is InChI=1S/C21H21N5O2/c1-15(27)22-18-9-7-17(8-10-18)21(28)25-12-11-19(13-25)26-14-20(23-24-26)16-5-3-2-4-6-16/h2-10,14,19H,11-13H2,1H3,(H,22,27)/t19-/m1/s1. The Bertz CT molecular complexity index is 982. The third kappa shape index (κ3) is 3.78. The molecule has 0 spiro atoms. The van der Waals surface area contributed by atoms with Crippen LogP contribution in [0.2, 0.25) is 0 Å². The Balaban J connectivity index is 1.42. The Kier molecular flexibility index (Phi) is 4.89. The van der Waals surface area contributed by atoms with Gasteiger partial charge in [0.05, 0.1) is 12.2 Å². The summed E-state index contributed by atoms with van der Waals surface area (Å²) in [5.74, 6) is -0.149. The van der Waals surface area contributed by atoms with Gasteiger partial charge in [-0.2, -0.15) is 0 Å². The van der Waals surface area contributed by atoms with E-state index in [1.165, 1.54) is 6.92 Å². The van der Waals surface area contributed by atoms with Crippen LogP contribution in [-0.2, 0) is 4.79 Å². The Labute approximate surface area is 163 Å². The van der Waals surface area contributed by atoms with E-state index in [1.807, 2.05) is 46.1 Å². The van der Waals surface area contributed by atoms with Crippen LogP contribution in [0.4, 0.5) is 5.69 Å². The number of nitrogens with one attached hydrogen (secondary N) is 1. The third-order valence-electron chi connectivity index (χ3n) is 4.86. The number of anilines is 1. The summed E-state index contributed by atoms with van der Waals surface area (Å²) in [7, 11) is 0. The SMILES string of the molecule is CC(=O)Nc1ccc(C(=O)N2CC[C@@H](n3cc(-c4ccccc4)nn3)C2)cc1. The smallest absolute Gasteiger partial charge is 0.253 e. The van der Waals surface area contributed by atoms with Crippen LogP contribution in [0.25, 0.3) is 11.3 Å². The normalized spacial score (nSPS) is 16.2. The summed E-state index contributed by atoms with van der Waals surface area (Å²) >= 11 is 0. The summed E-state index contributed by atoms with van der Waals surface area (Å²) in [5.41, 5.74) is 3.15. The fourth-order valence-electron chi connectivity index (χ4n) is 3.42. The van der Waals surface area contributed by atoms with Crippen molar-refractivity contribution in [1.82, 2.24) is 19.9 Å². The van der Waals surface area contributed by atoms with Gasteiger partial charge in [0.15, 0.2) is 0 Å². The minimum Gasteiger partial charge on any atom is -0.336 e. The van der Waals surface area contributed by atoms with Gasteiger partial charge in [0.2, 0.25) is 5.91 Å². The van der Waals surface area contributed by atoms with Crippen LogP contribution >= 0.6 is 0 Å². The number of carbonyl (C=O) groups excluding carboxylic acids is 2. The van der Waals surface area contributed by atoms with Gasteiger partial charge in [0, 0.05) is 36.8 Å². The zero-order valence-corrected chi connectivity index (χ0v) is 15.6. The molecule has 28 heavy (non-hydrogen) atoms. The minimum absolute atomic E-state index is 0.0136. The van der Waals surface area contributed by atoms with E-state index in [4.69, 9.17) is 0 Å². The summed E-state index contributed by atoms with van der Waals surface area (Å²) in [6, 6.07) is 17.0. The molecule has 0 saturated carbocycles. The number of likely N-dealkylation sites (tertiary alicyclic amines) is 1. The van der Waals surface area contributed by atoms with E-state index in [2.05, 4.69) is 15.6 Å². The highest BCUT2D eigenvalue weighted by Gasteiger charge is 2.29. The predicted molar refractivity (Wildman–Crippen MR) is 106 cm³/mol. The van der Waals surface area contributed by atoms with Crippen molar-refractivity contribution in [1.29, 1.82) is 0 Å². The lowest BCUT2D eigenvalue weighted by molar-refractivity contribution is -0.114. The van der Waals surface area contributed by atoms with Crippen molar-refractivity contribution in [3.8, 4) is 11.3 Å². The van der Waals surface area contributed by atoms with Crippen LogP contribution in [0.3, 0.4) is 0 Å². The summed E-state index contributed by atoms with van der Waals surface area (Å²) in [6.45, 7) is 2.73. The lowest BCUT2D eigenvalue weighted by Crippen LogP contribution is -2.29. The van der Waals surface area contributed by atoms with E-state index in [1.54, 1.807) is 24.3 Å². The molecular weight excluding hydrogens is 354 g/mol. The average Bonchev–Trinajstić information content (AvgIpc) is 3.38. The topological polar surface area (TPSA) is 80.1 Å². The zero-order valence-electron chi connectivity index (χ0n) is 15.6. The molecule has 1 saturated heterocycles. The fourth-order valence-corrected chi connectivity index (χ4v) is 3.42. The predicted octanol–water partition coefficient (Wildman–Crippen LogP) is 2.99. The monoisotopic (exact) mass is 375 g/mol. The van der Waals surface area contributed by atoms with Crippen molar-refractivity contribution < 1.29 is 9.59 Å². The number of benzene rings is 2. The molecule has 1 aliphatic heterocycles. The summed E-state index contributed by atoms with van der Waals surface area (Å²) in [5, 5.41) is 11.2. The number of hydrogen-bond donors (Lipinski definition) is 1. The highest BCUT2D eigenvalue weighted by molar-refractivity contribution is 5.95. The van der Waals surface area contributed by atoms with Gasteiger partial charge >= 0.3 is 0 Å². The Hall–Kier alpha value is -3.48. The second-order valence-corrected chi connectivity index (χ2v) is 6.90. The largest absolute Gasteiger partial charge is 0.336 e. The molecule has 1 atom stereocenters. The van der Waals surface area contributed by atoms with Crippen molar-refractivity contribution in [2.75, 3.05) is 18.4 Å². The van der Waals surface area contributed by atoms with Crippen molar-refractivity contribution >= 4 is 17.5 Å². The molecule has 142 valence electrons. The average molecular weight is 375 g/mol. The second-order valence-electron chi connectivity index (χ2n) is 6.90. The number of carbonyl (C=O) groups is 2. The molecule has 4 rings (SSSR count). The van der Waals surface area contributed by atoms with E-state index < -0.39 is 0 Å². The minimum atomic E-state index is -0.135. The molecule has 1 N–H and O–H groups in total. The molecule has 3 aromatic rings. The lowest BCUT2D eigenvalue weighted by Gasteiger charge is -2.16. The number of hydrogen-bond acceptors (Lipinski definition) is 4. The Morgan fingerprint density at radius 3 is 2.54 bits per heavy atom. The lowest BCUT2D eigenvalue weighted by atomic mass is 10.2. The maximum Gasteiger partial charge on any atom is 0.253 e. The molecule has 2 amide bonds. The van der Waals surface area contributed by atoms with Crippen LogP contribution < -0.4 is 5.32 Å². The summed E-state index contributed by atoms with van der Waals surface area (Å²) in [4.78, 5) is 25.7. The molecule has 1 fully saturated rings. The highest BCUT2D eigenvalue weighted by Crippen LogP contribution is 2.25. The maximum absolute atomic E-state index is 12.8. The molecule has 2 heterocycles. The molecule has 0 unspecified atom stereocenters. The van der Waals surface area contributed by atoms with Crippen LogP contribution in [0.5, 0.6) is 0 Å². The van der Waals surface area contributed by atoms with Gasteiger partial charge in [-0.1, -0.05) is 35.5 Å². The molecule has 1 aliphatic rings. The molecule has 0 radical (unpaired) electrons. The van der Waals surface area contributed by atoms with Gasteiger partial charge in [0.25, 0.3) is 5.91 Å². The first-order valence-electron chi connectivity index (χ1n) is 9.24. The third-order valence-corrected chi connectivity index (χ3v) is 4.86. The Morgan fingerprint density at radius 1 is 1.07 bits per heavy atom. The van der Waals surface area contributed by atoms with Crippen LogP contribution in [0.1, 0.15) is 29.7 Å². The summed E-state index contributed by atoms with van der Waals surface area (Å²) in [6.07, 6.45) is 2.78. The molecule has 2 aromatic carbocycles. The summed E-state index contributed by atoms with van der Waals surface area (Å²) < 4.78 is 1.86. The van der Waals surface area contributed by atoms with Crippen molar-refractivity contribution in [3.63, 3.8) is 0 Å². The molecular formula is C21H21N5O2. The van der Waals surface area contributed by atoms with E-state index in [0.29, 0.717) is 24.3 Å². The van der Waals surface area contributed by atoms with Gasteiger partial charge in [-0.15, -0.1) is 5.10 Å². The van der Waals surface area contributed by atoms with Gasteiger partial charge in [0.1, 0.15) is 5.69 Å². The molecule has 0 aliphatic carbocycles. The van der Waals surface area contributed by atoms with Crippen molar-refractivity contribution in [2.24, 2.45) is 0 Å². The molecule has 7 heteroatoms. The van der Waals surface area contributed by atoms with Gasteiger partial charge in [-0.05, 0) is 30.7 Å². The van der Waals surface area contributed by atoms with E-state index >= 15 is 0 Å². The number of nitrogens with zero attached hydrogens (tertiary/aromatic N) is 4. The number of aromatic nitrogens is 3. The van der Waals surface area contributed by atoms with Crippen LogP contribution in [-0.4, -0.2) is 44.8 Å². The molecule has 1 aromatic heterocycles. The van der Waals surface area contributed by atoms with E-state index in [-0.39, 0.29) is 17.9 Å². The van der Waals surface area contributed by atoms with Gasteiger partial charge in [-0.3, -0.25) is 9.59 Å². The molecule has 0 bridgehead atoms. The first-order valence-corrected chi connectivity index (χ1v) is 9.24. The number of amides is 2. The molecule has 7 nitrogen and oxygen atoms in total. The highest BCUT2D eigenvalue weighted by atomic mass is 16.2. The van der Waals surface area contributed by atoms with E-state index in [9.17, 15) is 9.59 Å². The zero-order chi connectivity index (χ0) is 19.5.